The van der Waals surface area contributed by atoms with E-state index in [4.69, 9.17) is 4.74 Å². The molecule has 0 radical (unpaired) electrons. The van der Waals surface area contributed by atoms with E-state index in [2.05, 4.69) is 0 Å². The van der Waals surface area contributed by atoms with Crippen molar-refractivity contribution in [2.24, 2.45) is 17.8 Å². The highest BCUT2D eigenvalue weighted by Crippen LogP contribution is 2.58. The molecule has 102 valence electrons. The van der Waals surface area contributed by atoms with Crippen molar-refractivity contribution in [1.82, 2.24) is 0 Å². The molecule has 5 atom stereocenters. The van der Waals surface area contributed by atoms with Crippen LogP contribution in [0.25, 0.3) is 0 Å². The minimum atomic E-state index is -0.425. The van der Waals surface area contributed by atoms with Gasteiger partial charge in [0.05, 0.1) is 23.0 Å². The Labute approximate surface area is 109 Å². The number of hydrogen-bond donors (Lipinski definition) is 0. The first-order chi connectivity index (χ1) is 8.25. The van der Waals surface area contributed by atoms with E-state index < -0.39 is 11.2 Å². The molecule has 2 rings (SSSR count). The molecule has 2 aliphatic heterocycles. The van der Waals surface area contributed by atoms with E-state index >= 15 is 0 Å². The molecule has 0 amide bonds. The molecule has 2 bridgehead atoms. The summed E-state index contributed by atoms with van der Waals surface area (Å²) in [4.78, 5) is 24.6. The fraction of sp³-hybridized carbons (Fsp3) is 0.867. The van der Waals surface area contributed by atoms with E-state index in [0.717, 1.165) is 19.3 Å². The Kier molecular flexibility index (Phi) is 3.17. The molecule has 0 aromatic carbocycles. The second-order valence-corrected chi connectivity index (χ2v) is 6.51. The van der Waals surface area contributed by atoms with Crippen molar-refractivity contribution in [3.05, 3.63) is 0 Å². The summed E-state index contributed by atoms with van der Waals surface area (Å²) in [6, 6.07) is 0. The van der Waals surface area contributed by atoms with Crippen LogP contribution in [0.1, 0.15) is 53.9 Å². The maximum Gasteiger partial charge on any atom is 0.142 e. The molecule has 2 fully saturated rings. The summed E-state index contributed by atoms with van der Waals surface area (Å²) < 4.78 is 6.11. The van der Waals surface area contributed by atoms with Gasteiger partial charge in [0, 0.05) is 5.92 Å². The average molecular weight is 252 g/mol. The normalized spacial score (nSPS) is 44.1. The van der Waals surface area contributed by atoms with Gasteiger partial charge in [-0.25, -0.2) is 0 Å². The van der Waals surface area contributed by atoms with E-state index in [0.29, 0.717) is 0 Å². The van der Waals surface area contributed by atoms with Gasteiger partial charge in [-0.15, -0.1) is 0 Å². The number of hydrogen-bond acceptors (Lipinski definition) is 3. The van der Waals surface area contributed by atoms with E-state index in [9.17, 15) is 9.59 Å². The lowest BCUT2D eigenvalue weighted by Gasteiger charge is -2.35. The third kappa shape index (κ3) is 1.75. The molecule has 0 aromatic heterocycles. The van der Waals surface area contributed by atoms with Gasteiger partial charge >= 0.3 is 0 Å². The first-order valence-corrected chi connectivity index (χ1v) is 6.99. The van der Waals surface area contributed by atoms with Crippen LogP contribution >= 0.6 is 0 Å². The average Bonchev–Trinajstić information content (AvgIpc) is 2.72. The summed E-state index contributed by atoms with van der Waals surface area (Å²) in [6.45, 7) is 9.57. The fourth-order valence-electron chi connectivity index (χ4n) is 3.91. The zero-order valence-corrected chi connectivity index (χ0v) is 12.1. The Balaban J connectivity index is 2.38. The molecule has 0 saturated carbocycles. The lowest BCUT2D eigenvalue weighted by atomic mass is 9.63. The zero-order valence-electron chi connectivity index (χ0n) is 12.1. The van der Waals surface area contributed by atoms with Crippen molar-refractivity contribution in [3.63, 3.8) is 0 Å². The number of rotatable bonds is 4. The van der Waals surface area contributed by atoms with Crippen LogP contribution in [-0.2, 0) is 14.3 Å². The molecule has 0 spiro atoms. The van der Waals surface area contributed by atoms with Gasteiger partial charge in [-0.05, 0) is 40.0 Å². The first kappa shape index (κ1) is 13.7. The van der Waals surface area contributed by atoms with Crippen molar-refractivity contribution < 1.29 is 14.3 Å². The maximum atomic E-state index is 12.6. The summed E-state index contributed by atoms with van der Waals surface area (Å²) >= 11 is 0. The first-order valence-electron chi connectivity index (χ1n) is 6.99. The van der Waals surface area contributed by atoms with Crippen molar-refractivity contribution >= 4 is 11.6 Å². The van der Waals surface area contributed by atoms with Crippen LogP contribution < -0.4 is 0 Å². The van der Waals surface area contributed by atoms with Crippen LogP contribution in [0.15, 0.2) is 0 Å². The Morgan fingerprint density at radius 1 is 1.22 bits per heavy atom. The van der Waals surface area contributed by atoms with Crippen molar-refractivity contribution in [2.45, 2.75) is 65.1 Å². The van der Waals surface area contributed by atoms with Crippen LogP contribution in [0.5, 0.6) is 0 Å². The van der Waals surface area contributed by atoms with Gasteiger partial charge in [-0.1, -0.05) is 13.8 Å². The molecule has 2 aliphatic rings. The van der Waals surface area contributed by atoms with E-state index in [1.807, 2.05) is 27.7 Å². The van der Waals surface area contributed by atoms with Crippen LogP contribution in [0.2, 0.25) is 0 Å². The Hall–Kier alpha value is -0.700. The minimum absolute atomic E-state index is 0.0141. The molecule has 3 nitrogen and oxygen atoms in total. The van der Waals surface area contributed by atoms with Crippen molar-refractivity contribution in [1.29, 1.82) is 0 Å². The molecule has 0 aromatic rings. The zero-order chi connectivity index (χ0) is 13.7. The highest BCUT2D eigenvalue weighted by molar-refractivity contribution is 5.92. The van der Waals surface area contributed by atoms with Crippen molar-refractivity contribution in [3.8, 4) is 0 Å². The summed E-state index contributed by atoms with van der Waals surface area (Å²) in [7, 11) is 0. The van der Waals surface area contributed by atoms with Gasteiger partial charge in [-0.2, -0.15) is 0 Å². The fourth-order valence-corrected chi connectivity index (χ4v) is 3.91. The van der Waals surface area contributed by atoms with Crippen LogP contribution in [0.3, 0.4) is 0 Å². The number of ether oxygens (including phenoxy) is 1. The summed E-state index contributed by atoms with van der Waals surface area (Å²) in [5.41, 5.74) is -0.847. The van der Waals surface area contributed by atoms with Crippen molar-refractivity contribution in [2.75, 3.05) is 0 Å². The second kappa shape index (κ2) is 4.16. The Morgan fingerprint density at radius 2 is 1.72 bits per heavy atom. The Bertz CT molecular complexity index is 389. The van der Waals surface area contributed by atoms with Crippen LogP contribution in [-0.4, -0.2) is 22.8 Å². The molecular weight excluding hydrogens is 228 g/mol. The second-order valence-electron chi connectivity index (χ2n) is 6.51. The standard InChI is InChI=1S/C15H24O3/c1-6-9(2)13(17)12-11(10(3)16)14(4)7-8-15(12,5)18-14/h9,11-12H,6-8H2,1-5H3. The molecule has 18 heavy (non-hydrogen) atoms. The molecule has 0 N–H and O–H groups in total. The van der Waals surface area contributed by atoms with E-state index in [1.54, 1.807) is 6.92 Å². The molecule has 5 unspecified atom stereocenters. The Morgan fingerprint density at radius 3 is 2.17 bits per heavy atom. The highest BCUT2D eigenvalue weighted by Gasteiger charge is 2.66. The number of carbonyl (C=O) groups excluding carboxylic acids is 2. The van der Waals surface area contributed by atoms with Gasteiger partial charge in [0.15, 0.2) is 0 Å². The maximum absolute atomic E-state index is 12.6. The molecule has 3 heteroatoms. The van der Waals surface area contributed by atoms with Gasteiger partial charge in [0.1, 0.15) is 11.6 Å². The smallest absolute Gasteiger partial charge is 0.142 e. The quantitative estimate of drug-likeness (QED) is 0.772. The predicted molar refractivity (Wildman–Crippen MR) is 69.3 cm³/mol. The molecular formula is C15H24O3. The summed E-state index contributed by atoms with van der Waals surface area (Å²) in [6.07, 6.45) is 2.60. The molecule has 2 heterocycles. The van der Waals surface area contributed by atoms with Crippen LogP contribution in [0.4, 0.5) is 0 Å². The largest absolute Gasteiger partial charge is 0.368 e. The predicted octanol–water partition coefficient (Wildman–Crippen LogP) is 2.76. The number of fused-ring (bicyclic) bond motifs is 2. The van der Waals surface area contributed by atoms with Gasteiger partial charge in [0.2, 0.25) is 0 Å². The summed E-state index contributed by atoms with van der Waals surface area (Å²) in [5, 5.41) is 0. The van der Waals surface area contributed by atoms with Gasteiger partial charge < -0.3 is 4.74 Å². The third-order valence-corrected chi connectivity index (χ3v) is 5.08. The lowest BCUT2D eigenvalue weighted by Crippen LogP contribution is -2.47. The topological polar surface area (TPSA) is 43.4 Å². The number of Topliss-reactive ketones (excluding diaryl/α,β-unsaturated/α-hetero) is 2. The van der Waals surface area contributed by atoms with E-state index in [1.165, 1.54) is 0 Å². The van der Waals surface area contributed by atoms with Crippen LogP contribution in [0, 0.1) is 17.8 Å². The number of carbonyl (C=O) groups is 2. The highest BCUT2D eigenvalue weighted by atomic mass is 16.5. The molecule has 2 saturated heterocycles. The molecule has 0 aliphatic carbocycles. The van der Waals surface area contributed by atoms with Gasteiger partial charge in [-0.3, -0.25) is 9.59 Å². The third-order valence-electron chi connectivity index (χ3n) is 5.08. The lowest BCUT2D eigenvalue weighted by molar-refractivity contribution is -0.136. The minimum Gasteiger partial charge on any atom is -0.368 e. The van der Waals surface area contributed by atoms with E-state index in [-0.39, 0.29) is 29.3 Å². The van der Waals surface area contributed by atoms with Gasteiger partial charge in [0.25, 0.3) is 0 Å². The number of ketones is 2. The SMILES string of the molecule is CCC(C)C(=O)C1C(C(C)=O)C2(C)CCC1(C)O2. The monoisotopic (exact) mass is 252 g/mol. The summed E-state index contributed by atoms with van der Waals surface area (Å²) in [5.74, 6) is -0.173.